The number of aromatic nitrogens is 3. The second-order valence-electron chi connectivity index (χ2n) is 4.80. The molecular formula is C13H22N4O3. The molecule has 0 saturated carbocycles. The average molecular weight is 282 g/mol. The van der Waals surface area contributed by atoms with E-state index in [9.17, 15) is 4.79 Å². The van der Waals surface area contributed by atoms with Crippen LogP contribution in [0.5, 0.6) is 0 Å². The molecule has 2 rings (SSSR count). The second-order valence-corrected chi connectivity index (χ2v) is 4.80. The van der Waals surface area contributed by atoms with Crippen LogP contribution in [0.1, 0.15) is 48.4 Å². The van der Waals surface area contributed by atoms with Crippen LogP contribution in [0, 0.1) is 0 Å². The minimum absolute atomic E-state index is 0.116. The molecule has 112 valence electrons. The molecule has 1 fully saturated rings. The van der Waals surface area contributed by atoms with E-state index >= 15 is 0 Å². The summed E-state index contributed by atoms with van der Waals surface area (Å²) in [6, 6.07) is 0.116. The number of carbonyl (C=O) groups is 1. The van der Waals surface area contributed by atoms with Crippen molar-refractivity contribution in [3.8, 4) is 0 Å². The summed E-state index contributed by atoms with van der Waals surface area (Å²) in [4.78, 5) is 11.8. The van der Waals surface area contributed by atoms with Gasteiger partial charge in [0.15, 0.2) is 5.69 Å². The Morgan fingerprint density at radius 1 is 1.50 bits per heavy atom. The standard InChI is InChI=1S/C13H22N4O3/c1-3-8-20-9-7-17-12(10-5-4-6-14-10)11(15-16-17)13(18)19-2/h10,14H,3-9H2,1-2H3. The summed E-state index contributed by atoms with van der Waals surface area (Å²) in [5.41, 5.74) is 1.12. The highest BCUT2D eigenvalue weighted by Crippen LogP contribution is 2.25. The molecular weight excluding hydrogens is 260 g/mol. The Hall–Kier alpha value is -1.47. The molecule has 0 amide bonds. The smallest absolute Gasteiger partial charge is 0.360 e. The number of rotatable bonds is 7. The van der Waals surface area contributed by atoms with Crippen LogP contribution in [0.3, 0.4) is 0 Å². The van der Waals surface area contributed by atoms with E-state index in [2.05, 4.69) is 22.6 Å². The van der Waals surface area contributed by atoms with Gasteiger partial charge in [-0.3, -0.25) is 0 Å². The van der Waals surface area contributed by atoms with E-state index in [-0.39, 0.29) is 6.04 Å². The van der Waals surface area contributed by atoms with Crippen LogP contribution in [-0.4, -0.2) is 47.8 Å². The maximum absolute atomic E-state index is 11.8. The summed E-state index contributed by atoms with van der Waals surface area (Å²) in [6.07, 6.45) is 3.05. The SMILES string of the molecule is CCCOCCn1nnc(C(=O)OC)c1C1CCCN1. The van der Waals surface area contributed by atoms with Crippen molar-refractivity contribution >= 4 is 5.97 Å². The Bertz CT molecular complexity index is 441. The second kappa shape index (κ2) is 7.35. The minimum atomic E-state index is -0.436. The van der Waals surface area contributed by atoms with Gasteiger partial charge in [-0.05, 0) is 25.8 Å². The molecule has 0 spiro atoms. The Kier molecular flexibility index (Phi) is 5.49. The largest absolute Gasteiger partial charge is 0.464 e. The van der Waals surface area contributed by atoms with Gasteiger partial charge < -0.3 is 14.8 Å². The molecule has 1 aliphatic heterocycles. The molecule has 1 saturated heterocycles. The number of methoxy groups -OCH3 is 1. The van der Waals surface area contributed by atoms with Crippen LogP contribution in [-0.2, 0) is 16.0 Å². The molecule has 1 aromatic rings. The van der Waals surface area contributed by atoms with Crippen LogP contribution >= 0.6 is 0 Å². The van der Waals surface area contributed by atoms with Gasteiger partial charge in [0.05, 0.1) is 32.0 Å². The summed E-state index contributed by atoms with van der Waals surface area (Å²) in [6.45, 7) is 4.91. The number of nitrogens with zero attached hydrogens (tertiary/aromatic N) is 3. The van der Waals surface area contributed by atoms with E-state index in [0.29, 0.717) is 18.8 Å². The van der Waals surface area contributed by atoms with Crippen LogP contribution in [0.4, 0.5) is 0 Å². The fraction of sp³-hybridized carbons (Fsp3) is 0.769. The zero-order valence-electron chi connectivity index (χ0n) is 12.1. The lowest BCUT2D eigenvalue weighted by molar-refractivity contribution is 0.0591. The fourth-order valence-corrected chi connectivity index (χ4v) is 2.39. The van der Waals surface area contributed by atoms with Crippen molar-refractivity contribution in [2.24, 2.45) is 0 Å². The molecule has 0 aliphatic carbocycles. The predicted molar refractivity (Wildman–Crippen MR) is 72.4 cm³/mol. The normalized spacial score (nSPS) is 18.4. The molecule has 0 aromatic carbocycles. The minimum Gasteiger partial charge on any atom is -0.464 e. The highest BCUT2D eigenvalue weighted by Gasteiger charge is 2.28. The van der Waals surface area contributed by atoms with E-state index in [0.717, 1.165) is 38.1 Å². The predicted octanol–water partition coefficient (Wildman–Crippen LogP) is 0.916. The maximum Gasteiger partial charge on any atom is 0.360 e. The highest BCUT2D eigenvalue weighted by molar-refractivity contribution is 5.88. The van der Waals surface area contributed by atoms with E-state index in [1.165, 1.54) is 7.11 Å². The van der Waals surface area contributed by atoms with Crippen molar-refractivity contribution < 1.29 is 14.3 Å². The Balaban J connectivity index is 2.13. The average Bonchev–Trinajstić information content (AvgIpc) is 3.11. The van der Waals surface area contributed by atoms with Gasteiger partial charge in [0, 0.05) is 6.61 Å². The lowest BCUT2D eigenvalue weighted by Crippen LogP contribution is -2.22. The van der Waals surface area contributed by atoms with Crippen LogP contribution < -0.4 is 5.32 Å². The number of hydrogen-bond donors (Lipinski definition) is 1. The molecule has 1 aliphatic rings. The molecule has 20 heavy (non-hydrogen) atoms. The number of carbonyl (C=O) groups excluding carboxylic acids is 1. The van der Waals surface area contributed by atoms with Gasteiger partial charge in [0.1, 0.15) is 0 Å². The lowest BCUT2D eigenvalue weighted by Gasteiger charge is -2.13. The Morgan fingerprint density at radius 3 is 3.00 bits per heavy atom. The summed E-state index contributed by atoms with van der Waals surface area (Å²) in [5.74, 6) is -0.436. The number of hydrogen-bond acceptors (Lipinski definition) is 6. The molecule has 1 atom stereocenters. The van der Waals surface area contributed by atoms with Crippen molar-refractivity contribution in [1.82, 2.24) is 20.3 Å². The van der Waals surface area contributed by atoms with Gasteiger partial charge in [0.2, 0.25) is 0 Å². The third-order valence-corrected chi connectivity index (χ3v) is 3.34. The van der Waals surface area contributed by atoms with Crippen molar-refractivity contribution in [3.05, 3.63) is 11.4 Å². The first-order chi connectivity index (χ1) is 9.77. The third kappa shape index (κ3) is 3.34. The third-order valence-electron chi connectivity index (χ3n) is 3.34. The molecule has 0 radical (unpaired) electrons. The first kappa shape index (κ1) is 14.9. The molecule has 7 nitrogen and oxygen atoms in total. The Labute approximate surface area is 118 Å². The molecule has 1 unspecified atom stereocenters. The van der Waals surface area contributed by atoms with Gasteiger partial charge in [-0.15, -0.1) is 5.10 Å². The summed E-state index contributed by atoms with van der Waals surface area (Å²) >= 11 is 0. The van der Waals surface area contributed by atoms with Crippen molar-refractivity contribution in [1.29, 1.82) is 0 Å². The van der Waals surface area contributed by atoms with E-state index in [1.54, 1.807) is 4.68 Å². The van der Waals surface area contributed by atoms with Crippen LogP contribution in [0.2, 0.25) is 0 Å². The Morgan fingerprint density at radius 2 is 2.35 bits per heavy atom. The van der Waals surface area contributed by atoms with E-state index in [1.807, 2.05) is 0 Å². The van der Waals surface area contributed by atoms with Crippen LogP contribution in [0.25, 0.3) is 0 Å². The maximum atomic E-state index is 11.8. The van der Waals surface area contributed by atoms with Crippen molar-refractivity contribution in [2.75, 3.05) is 26.9 Å². The molecule has 1 N–H and O–H groups in total. The van der Waals surface area contributed by atoms with Crippen molar-refractivity contribution in [2.45, 2.75) is 38.8 Å². The highest BCUT2D eigenvalue weighted by atomic mass is 16.5. The monoisotopic (exact) mass is 282 g/mol. The zero-order chi connectivity index (χ0) is 14.4. The number of esters is 1. The van der Waals surface area contributed by atoms with Gasteiger partial charge in [-0.1, -0.05) is 12.1 Å². The van der Waals surface area contributed by atoms with Gasteiger partial charge in [-0.2, -0.15) is 0 Å². The summed E-state index contributed by atoms with van der Waals surface area (Å²) in [7, 11) is 1.36. The lowest BCUT2D eigenvalue weighted by atomic mass is 10.1. The summed E-state index contributed by atoms with van der Waals surface area (Å²) < 4.78 is 12.0. The molecule has 1 aromatic heterocycles. The first-order valence-electron chi connectivity index (χ1n) is 7.10. The molecule has 0 bridgehead atoms. The zero-order valence-corrected chi connectivity index (χ0v) is 12.1. The van der Waals surface area contributed by atoms with E-state index < -0.39 is 5.97 Å². The summed E-state index contributed by atoms with van der Waals surface area (Å²) in [5, 5.41) is 11.4. The molecule has 2 heterocycles. The number of nitrogens with one attached hydrogen (secondary N) is 1. The van der Waals surface area contributed by atoms with Crippen molar-refractivity contribution in [3.63, 3.8) is 0 Å². The van der Waals surface area contributed by atoms with Gasteiger partial charge >= 0.3 is 5.97 Å². The van der Waals surface area contributed by atoms with Crippen LogP contribution in [0.15, 0.2) is 0 Å². The first-order valence-corrected chi connectivity index (χ1v) is 7.10. The van der Waals surface area contributed by atoms with E-state index in [4.69, 9.17) is 9.47 Å². The van der Waals surface area contributed by atoms with Gasteiger partial charge in [-0.25, -0.2) is 9.48 Å². The fourth-order valence-electron chi connectivity index (χ4n) is 2.39. The quantitative estimate of drug-likeness (QED) is 0.592. The molecule has 7 heteroatoms. The number of ether oxygens (including phenoxy) is 2. The topological polar surface area (TPSA) is 78.3 Å². The van der Waals surface area contributed by atoms with Gasteiger partial charge in [0.25, 0.3) is 0 Å².